The second-order valence-corrected chi connectivity index (χ2v) is 7.74. The molecule has 1 N–H and O–H groups in total. The Labute approximate surface area is 169 Å². The fourth-order valence-corrected chi connectivity index (χ4v) is 3.88. The summed E-state index contributed by atoms with van der Waals surface area (Å²) in [7, 11) is 1.57. The van der Waals surface area contributed by atoms with Crippen LogP contribution in [0.1, 0.15) is 6.42 Å². The lowest BCUT2D eigenvalue weighted by Crippen LogP contribution is -2.30. The summed E-state index contributed by atoms with van der Waals surface area (Å²) in [4.78, 5) is 30.4. The monoisotopic (exact) mass is 425 g/mol. The fraction of sp³-hybridized carbons (Fsp3) is 0.167. The molecule has 1 aliphatic rings. The molecule has 0 aromatic heterocycles. The summed E-state index contributed by atoms with van der Waals surface area (Å²) in [6, 6.07) is 10.7. The third-order valence-electron chi connectivity index (χ3n) is 3.78. The Morgan fingerprint density at radius 1 is 1.30 bits per heavy atom. The minimum atomic E-state index is -0.654. The lowest BCUT2D eigenvalue weighted by atomic mass is 10.2. The van der Waals surface area contributed by atoms with Crippen LogP contribution in [0.2, 0.25) is 10.0 Å². The normalized spacial score (nSPS) is 18.2. The van der Waals surface area contributed by atoms with E-state index in [1.165, 1.54) is 23.1 Å². The number of halogens is 3. The largest absolute Gasteiger partial charge is 0.324 e. The summed E-state index contributed by atoms with van der Waals surface area (Å²) in [6.45, 7) is 0. The molecular formula is C18H14Cl2FN3O2S. The average Bonchev–Trinajstić information content (AvgIpc) is 2.88. The molecule has 0 spiro atoms. The number of benzene rings is 2. The number of nitrogens with zero attached hydrogens (tertiary/aromatic N) is 2. The van der Waals surface area contributed by atoms with Crippen molar-refractivity contribution in [2.24, 2.45) is 4.99 Å². The van der Waals surface area contributed by atoms with Crippen molar-refractivity contribution in [3.63, 3.8) is 0 Å². The van der Waals surface area contributed by atoms with Crippen LogP contribution in [-0.4, -0.2) is 34.2 Å². The van der Waals surface area contributed by atoms with Crippen LogP contribution >= 0.6 is 35.0 Å². The minimum absolute atomic E-state index is 0.0749. The van der Waals surface area contributed by atoms with Crippen LogP contribution in [0.25, 0.3) is 0 Å². The van der Waals surface area contributed by atoms with Gasteiger partial charge in [0.25, 0.3) is 0 Å². The Morgan fingerprint density at radius 2 is 2.04 bits per heavy atom. The first-order chi connectivity index (χ1) is 12.8. The van der Waals surface area contributed by atoms with Crippen LogP contribution in [0.4, 0.5) is 15.8 Å². The molecule has 140 valence electrons. The number of hydrogen-bond donors (Lipinski definition) is 1. The first-order valence-corrected chi connectivity index (χ1v) is 9.51. The van der Waals surface area contributed by atoms with E-state index < -0.39 is 17.0 Å². The Kier molecular flexibility index (Phi) is 6.04. The predicted octanol–water partition coefficient (Wildman–Crippen LogP) is 4.72. The second-order valence-electron chi connectivity index (χ2n) is 5.73. The highest BCUT2D eigenvalue weighted by atomic mass is 35.5. The van der Waals surface area contributed by atoms with E-state index in [9.17, 15) is 14.0 Å². The van der Waals surface area contributed by atoms with Gasteiger partial charge in [-0.3, -0.25) is 14.5 Å². The van der Waals surface area contributed by atoms with Gasteiger partial charge in [0.1, 0.15) is 11.1 Å². The van der Waals surface area contributed by atoms with Crippen LogP contribution in [0, 0.1) is 5.82 Å². The van der Waals surface area contributed by atoms with Crippen molar-refractivity contribution < 1.29 is 14.0 Å². The molecule has 1 heterocycles. The smallest absolute Gasteiger partial charge is 0.242 e. The first kappa shape index (κ1) is 19.7. The number of thioether (sulfide) groups is 1. The molecule has 3 rings (SSSR count). The predicted molar refractivity (Wildman–Crippen MR) is 107 cm³/mol. The number of anilines is 1. The van der Waals surface area contributed by atoms with E-state index in [-0.39, 0.29) is 18.0 Å². The van der Waals surface area contributed by atoms with E-state index in [2.05, 4.69) is 10.3 Å². The Balaban J connectivity index is 1.72. The number of nitrogens with one attached hydrogen (secondary N) is 1. The Hall–Kier alpha value is -2.09. The molecule has 0 saturated carbocycles. The maximum atomic E-state index is 13.6. The summed E-state index contributed by atoms with van der Waals surface area (Å²) in [5.74, 6) is -1.26. The van der Waals surface area contributed by atoms with Gasteiger partial charge in [0.15, 0.2) is 5.17 Å². The van der Waals surface area contributed by atoms with Crippen molar-refractivity contribution in [3.8, 4) is 0 Å². The third kappa shape index (κ3) is 4.61. The maximum Gasteiger partial charge on any atom is 0.242 e. The summed E-state index contributed by atoms with van der Waals surface area (Å²) in [6.07, 6.45) is -0.107. The zero-order valence-electron chi connectivity index (χ0n) is 14.1. The van der Waals surface area contributed by atoms with Crippen LogP contribution < -0.4 is 5.32 Å². The summed E-state index contributed by atoms with van der Waals surface area (Å²) >= 11 is 13.2. The van der Waals surface area contributed by atoms with Crippen molar-refractivity contribution >= 4 is 63.3 Å². The first-order valence-electron chi connectivity index (χ1n) is 7.87. The summed E-state index contributed by atoms with van der Waals surface area (Å²) < 4.78 is 13.6. The van der Waals surface area contributed by atoms with E-state index in [4.69, 9.17) is 23.2 Å². The molecule has 1 fully saturated rings. The summed E-state index contributed by atoms with van der Waals surface area (Å²) in [5, 5.41) is 3.10. The highest BCUT2D eigenvalue weighted by molar-refractivity contribution is 8.15. The van der Waals surface area contributed by atoms with Gasteiger partial charge in [-0.15, -0.1) is 0 Å². The maximum absolute atomic E-state index is 13.6. The van der Waals surface area contributed by atoms with Crippen molar-refractivity contribution in [1.82, 2.24) is 4.90 Å². The molecule has 1 saturated heterocycles. The molecule has 0 radical (unpaired) electrons. The van der Waals surface area contributed by atoms with E-state index in [1.807, 2.05) is 0 Å². The van der Waals surface area contributed by atoms with E-state index in [1.54, 1.807) is 31.3 Å². The number of amides is 2. The van der Waals surface area contributed by atoms with Gasteiger partial charge in [-0.05, 0) is 30.3 Å². The van der Waals surface area contributed by atoms with Gasteiger partial charge < -0.3 is 5.32 Å². The number of rotatable bonds is 4. The number of aliphatic imine (C=N–C) groups is 1. The van der Waals surface area contributed by atoms with Crippen LogP contribution in [0.15, 0.2) is 47.5 Å². The molecule has 2 aromatic rings. The zero-order chi connectivity index (χ0) is 19.6. The van der Waals surface area contributed by atoms with Gasteiger partial charge in [0.2, 0.25) is 11.8 Å². The van der Waals surface area contributed by atoms with E-state index in [0.29, 0.717) is 20.9 Å². The van der Waals surface area contributed by atoms with Gasteiger partial charge in [0, 0.05) is 18.5 Å². The van der Waals surface area contributed by atoms with Gasteiger partial charge in [0.05, 0.1) is 16.4 Å². The average molecular weight is 426 g/mol. The van der Waals surface area contributed by atoms with Crippen molar-refractivity contribution in [2.45, 2.75) is 11.7 Å². The molecule has 5 nitrogen and oxygen atoms in total. The number of carbonyl (C=O) groups is 2. The molecule has 1 aliphatic heterocycles. The second kappa shape index (κ2) is 8.29. The number of para-hydroxylation sites is 1. The van der Waals surface area contributed by atoms with Crippen LogP contribution in [0.5, 0.6) is 0 Å². The van der Waals surface area contributed by atoms with Crippen LogP contribution in [-0.2, 0) is 9.59 Å². The van der Waals surface area contributed by atoms with Crippen molar-refractivity contribution in [3.05, 3.63) is 58.3 Å². The van der Waals surface area contributed by atoms with Gasteiger partial charge in [-0.25, -0.2) is 9.38 Å². The highest BCUT2D eigenvalue weighted by Gasteiger charge is 2.37. The third-order valence-corrected chi connectivity index (χ3v) is 5.57. The minimum Gasteiger partial charge on any atom is -0.324 e. The molecule has 27 heavy (non-hydrogen) atoms. The molecule has 2 amide bonds. The quantitative estimate of drug-likeness (QED) is 0.770. The molecule has 0 bridgehead atoms. The van der Waals surface area contributed by atoms with Crippen molar-refractivity contribution in [1.29, 1.82) is 0 Å². The zero-order valence-corrected chi connectivity index (χ0v) is 16.4. The molecular weight excluding hydrogens is 412 g/mol. The van der Waals surface area contributed by atoms with Gasteiger partial charge in [-0.2, -0.15) is 0 Å². The van der Waals surface area contributed by atoms with Gasteiger partial charge >= 0.3 is 0 Å². The van der Waals surface area contributed by atoms with E-state index in [0.717, 1.165) is 11.8 Å². The fourth-order valence-electron chi connectivity index (χ4n) is 2.40. The number of amidine groups is 1. The Bertz CT molecular complexity index is 939. The standard InChI is InChI=1S/C18H14Cl2FN3O2S/c1-24-17(26)15(9-16(25)22-13-5-3-2-4-12(13)21)27-18(24)23-14-8-10(19)6-7-11(14)20/h2-8,15H,9H2,1H3,(H,22,25). The molecule has 2 aromatic carbocycles. The van der Waals surface area contributed by atoms with Crippen molar-refractivity contribution in [2.75, 3.05) is 12.4 Å². The Morgan fingerprint density at radius 3 is 2.78 bits per heavy atom. The molecule has 1 atom stereocenters. The SMILES string of the molecule is CN1C(=O)C(CC(=O)Nc2ccccc2F)SC1=Nc1cc(Cl)ccc1Cl. The van der Waals surface area contributed by atoms with E-state index >= 15 is 0 Å². The summed E-state index contributed by atoms with van der Waals surface area (Å²) in [5.41, 5.74) is 0.508. The van der Waals surface area contributed by atoms with Crippen LogP contribution in [0.3, 0.4) is 0 Å². The van der Waals surface area contributed by atoms with Gasteiger partial charge in [-0.1, -0.05) is 47.1 Å². The highest BCUT2D eigenvalue weighted by Crippen LogP contribution is 2.34. The molecule has 9 heteroatoms. The molecule has 1 unspecified atom stereocenters. The number of hydrogen-bond acceptors (Lipinski definition) is 4. The lowest BCUT2D eigenvalue weighted by Gasteiger charge is -2.10. The number of carbonyl (C=O) groups excluding carboxylic acids is 2. The topological polar surface area (TPSA) is 61.8 Å². The lowest BCUT2D eigenvalue weighted by molar-refractivity contribution is -0.127. The molecule has 0 aliphatic carbocycles.